The summed E-state index contributed by atoms with van der Waals surface area (Å²) in [6.07, 6.45) is 2.33. The van der Waals surface area contributed by atoms with Crippen LogP contribution in [0.5, 0.6) is 5.75 Å². The molecule has 2 aliphatic heterocycles. The number of ether oxygens (including phenoxy) is 1. The van der Waals surface area contributed by atoms with Gasteiger partial charge in [0, 0.05) is 17.3 Å². The fourth-order valence-electron chi connectivity index (χ4n) is 2.63. The highest BCUT2D eigenvalue weighted by Crippen LogP contribution is 2.38. The zero-order chi connectivity index (χ0) is 11.9. The molecule has 0 amide bonds. The summed E-state index contributed by atoms with van der Waals surface area (Å²) in [4.78, 5) is 12.2. The van der Waals surface area contributed by atoms with Gasteiger partial charge in [-0.1, -0.05) is 15.9 Å². The van der Waals surface area contributed by atoms with E-state index in [1.165, 1.54) is 0 Å². The number of hydrogen-bond acceptors (Lipinski definition) is 3. The minimum Gasteiger partial charge on any atom is -0.486 e. The molecule has 3 nitrogen and oxygen atoms in total. The van der Waals surface area contributed by atoms with Gasteiger partial charge in [-0.25, -0.2) is 0 Å². The van der Waals surface area contributed by atoms with Crippen LogP contribution >= 0.6 is 28.3 Å². The van der Waals surface area contributed by atoms with E-state index >= 15 is 0 Å². The van der Waals surface area contributed by atoms with Crippen LogP contribution in [0.3, 0.4) is 0 Å². The van der Waals surface area contributed by atoms with Crippen LogP contribution in [0.2, 0.25) is 0 Å². The van der Waals surface area contributed by atoms with Crippen LogP contribution in [0.1, 0.15) is 29.6 Å². The SMILES string of the molecule is Cl.O=C1CC2(CCNCC2)Oc2ccc(Br)cc21. The molecule has 0 saturated carbocycles. The molecule has 1 fully saturated rings. The van der Waals surface area contributed by atoms with Gasteiger partial charge in [-0.2, -0.15) is 0 Å². The summed E-state index contributed by atoms with van der Waals surface area (Å²) >= 11 is 3.39. The van der Waals surface area contributed by atoms with E-state index in [4.69, 9.17) is 4.74 Å². The number of benzene rings is 1. The van der Waals surface area contributed by atoms with E-state index in [2.05, 4.69) is 21.2 Å². The molecule has 5 heteroatoms. The molecule has 0 unspecified atom stereocenters. The van der Waals surface area contributed by atoms with Crippen LogP contribution in [0, 0.1) is 0 Å². The first-order valence-electron chi connectivity index (χ1n) is 5.91. The number of fused-ring (bicyclic) bond motifs is 1. The number of rotatable bonds is 0. The van der Waals surface area contributed by atoms with Crippen molar-refractivity contribution in [3.63, 3.8) is 0 Å². The summed E-state index contributed by atoms with van der Waals surface area (Å²) in [6, 6.07) is 5.66. The Morgan fingerprint density at radius 3 is 2.72 bits per heavy atom. The molecule has 1 aromatic rings. The number of ketones is 1. The van der Waals surface area contributed by atoms with Crippen molar-refractivity contribution in [2.24, 2.45) is 0 Å². The Balaban J connectivity index is 0.00000120. The van der Waals surface area contributed by atoms with Crippen LogP contribution in [0.25, 0.3) is 0 Å². The Morgan fingerprint density at radius 1 is 1.28 bits per heavy atom. The van der Waals surface area contributed by atoms with E-state index in [9.17, 15) is 4.79 Å². The standard InChI is InChI=1S/C13H14BrNO2.ClH/c14-9-1-2-12-10(7-9)11(16)8-13(17-12)3-5-15-6-4-13;/h1-2,7,15H,3-6,8H2;1H. The van der Waals surface area contributed by atoms with Gasteiger partial charge in [0.25, 0.3) is 0 Å². The predicted octanol–water partition coefficient (Wildman–Crippen LogP) is 2.96. The molecule has 0 bridgehead atoms. The van der Waals surface area contributed by atoms with Gasteiger partial charge in [0.05, 0.1) is 12.0 Å². The molecule has 0 atom stereocenters. The topological polar surface area (TPSA) is 38.3 Å². The maximum atomic E-state index is 12.2. The van der Waals surface area contributed by atoms with E-state index in [0.717, 1.165) is 36.2 Å². The van der Waals surface area contributed by atoms with Gasteiger partial charge in [-0.15, -0.1) is 12.4 Å². The van der Waals surface area contributed by atoms with Crippen molar-refractivity contribution in [3.05, 3.63) is 28.2 Å². The van der Waals surface area contributed by atoms with Crippen molar-refractivity contribution in [2.45, 2.75) is 24.9 Å². The summed E-state index contributed by atoms with van der Waals surface area (Å²) in [7, 11) is 0. The first kappa shape index (κ1) is 13.8. The number of hydrogen-bond donors (Lipinski definition) is 1. The molecule has 18 heavy (non-hydrogen) atoms. The summed E-state index contributed by atoms with van der Waals surface area (Å²) in [5.74, 6) is 0.945. The molecule has 0 aromatic heterocycles. The van der Waals surface area contributed by atoms with Gasteiger partial charge >= 0.3 is 0 Å². The van der Waals surface area contributed by atoms with Crippen molar-refractivity contribution in [2.75, 3.05) is 13.1 Å². The number of piperidine rings is 1. The molecule has 2 aliphatic rings. The quantitative estimate of drug-likeness (QED) is 0.794. The largest absolute Gasteiger partial charge is 0.486 e. The van der Waals surface area contributed by atoms with E-state index in [1.54, 1.807) is 0 Å². The van der Waals surface area contributed by atoms with Crippen LogP contribution < -0.4 is 10.1 Å². The first-order valence-corrected chi connectivity index (χ1v) is 6.70. The highest BCUT2D eigenvalue weighted by atomic mass is 79.9. The summed E-state index contributed by atoms with van der Waals surface area (Å²) in [6.45, 7) is 1.86. The fourth-order valence-corrected chi connectivity index (χ4v) is 2.99. The summed E-state index contributed by atoms with van der Waals surface area (Å²) in [5, 5.41) is 3.31. The molecule has 0 aliphatic carbocycles. The molecule has 1 N–H and O–H groups in total. The smallest absolute Gasteiger partial charge is 0.170 e. The third kappa shape index (κ3) is 2.42. The Bertz CT molecular complexity index is 472. The summed E-state index contributed by atoms with van der Waals surface area (Å²) in [5.41, 5.74) is 0.451. The fraction of sp³-hybridized carbons (Fsp3) is 0.462. The summed E-state index contributed by atoms with van der Waals surface area (Å²) < 4.78 is 7.03. The first-order chi connectivity index (χ1) is 8.19. The highest BCUT2D eigenvalue weighted by Gasteiger charge is 2.41. The third-order valence-corrected chi connectivity index (χ3v) is 4.06. The van der Waals surface area contributed by atoms with Gasteiger partial charge < -0.3 is 10.1 Å². The van der Waals surface area contributed by atoms with Crippen molar-refractivity contribution in [1.82, 2.24) is 5.32 Å². The van der Waals surface area contributed by atoms with Crippen molar-refractivity contribution in [3.8, 4) is 5.75 Å². The maximum Gasteiger partial charge on any atom is 0.170 e. The Labute approximate surface area is 121 Å². The van der Waals surface area contributed by atoms with Crippen molar-refractivity contribution >= 4 is 34.1 Å². The minimum atomic E-state index is -0.261. The lowest BCUT2D eigenvalue weighted by Crippen LogP contribution is -2.49. The normalized spacial score (nSPS) is 20.8. The number of carbonyl (C=O) groups is 1. The van der Waals surface area contributed by atoms with E-state index in [-0.39, 0.29) is 23.8 Å². The Hall–Kier alpha value is -0.580. The zero-order valence-electron chi connectivity index (χ0n) is 9.87. The lowest BCUT2D eigenvalue weighted by atomic mass is 9.83. The molecule has 0 radical (unpaired) electrons. The second-order valence-electron chi connectivity index (χ2n) is 4.78. The number of nitrogens with one attached hydrogen (secondary N) is 1. The van der Waals surface area contributed by atoms with E-state index in [0.29, 0.717) is 12.0 Å². The predicted molar refractivity (Wildman–Crippen MR) is 75.8 cm³/mol. The van der Waals surface area contributed by atoms with Gasteiger partial charge in [0.2, 0.25) is 0 Å². The van der Waals surface area contributed by atoms with Gasteiger partial charge in [-0.3, -0.25) is 4.79 Å². The van der Waals surface area contributed by atoms with Crippen LogP contribution in [0.4, 0.5) is 0 Å². The maximum absolute atomic E-state index is 12.2. The molecular weight excluding hydrogens is 318 g/mol. The highest BCUT2D eigenvalue weighted by molar-refractivity contribution is 9.10. The van der Waals surface area contributed by atoms with Crippen molar-refractivity contribution in [1.29, 1.82) is 0 Å². The average molecular weight is 333 g/mol. The van der Waals surface area contributed by atoms with E-state index in [1.807, 2.05) is 18.2 Å². The van der Waals surface area contributed by atoms with Crippen LogP contribution in [-0.4, -0.2) is 24.5 Å². The Kier molecular flexibility index (Phi) is 3.99. The second kappa shape index (κ2) is 5.19. The molecular formula is C13H15BrClNO2. The zero-order valence-corrected chi connectivity index (χ0v) is 12.3. The molecule has 1 spiro atoms. The lowest BCUT2D eigenvalue weighted by molar-refractivity contribution is 0.0187. The molecule has 3 rings (SSSR count). The van der Waals surface area contributed by atoms with E-state index < -0.39 is 0 Å². The number of carbonyl (C=O) groups excluding carboxylic acids is 1. The minimum absolute atomic E-state index is 0. The van der Waals surface area contributed by atoms with Gasteiger partial charge in [0.15, 0.2) is 5.78 Å². The van der Waals surface area contributed by atoms with Crippen LogP contribution in [-0.2, 0) is 0 Å². The van der Waals surface area contributed by atoms with Crippen molar-refractivity contribution < 1.29 is 9.53 Å². The second-order valence-corrected chi connectivity index (χ2v) is 5.69. The molecule has 1 saturated heterocycles. The monoisotopic (exact) mass is 331 g/mol. The molecule has 1 aromatic carbocycles. The Morgan fingerprint density at radius 2 is 2.00 bits per heavy atom. The number of Topliss-reactive ketones (excluding diaryl/α,β-unsaturated/α-hetero) is 1. The van der Waals surface area contributed by atoms with Gasteiger partial charge in [0.1, 0.15) is 11.4 Å². The van der Waals surface area contributed by atoms with Gasteiger partial charge in [-0.05, 0) is 31.3 Å². The van der Waals surface area contributed by atoms with Crippen LogP contribution in [0.15, 0.2) is 22.7 Å². The molecule has 2 heterocycles. The lowest BCUT2D eigenvalue weighted by Gasteiger charge is -2.40. The molecule has 98 valence electrons. The average Bonchev–Trinajstić information content (AvgIpc) is 2.31. The third-order valence-electron chi connectivity index (χ3n) is 3.57. The number of halogens is 2.